The fourth-order valence-corrected chi connectivity index (χ4v) is 5.52. The van der Waals surface area contributed by atoms with Crippen LogP contribution >= 0.6 is 11.3 Å². The first kappa shape index (κ1) is 17.9. The SMILES string of the molecule is Cc1cccc(N2CCN(S(=O)(=O)c3csc(C(N)=O)c3)CC2)c1C. The molecular weight excluding hydrogens is 358 g/mol. The van der Waals surface area contributed by atoms with Gasteiger partial charge < -0.3 is 10.6 Å². The van der Waals surface area contributed by atoms with E-state index in [1.54, 1.807) is 0 Å². The topological polar surface area (TPSA) is 83.7 Å². The number of piperazine rings is 1. The highest BCUT2D eigenvalue weighted by molar-refractivity contribution is 7.89. The van der Waals surface area contributed by atoms with E-state index in [1.807, 2.05) is 6.07 Å². The second kappa shape index (κ2) is 6.78. The van der Waals surface area contributed by atoms with Crippen molar-refractivity contribution in [2.24, 2.45) is 5.73 Å². The van der Waals surface area contributed by atoms with Gasteiger partial charge in [-0.2, -0.15) is 4.31 Å². The van der Waals surface area contributed by atoms with Gasteiger partial charge in [-0.3, -0.25) is 4.79 Å². The van der Waals surface area contributed by atoms with Crippen LogP contribution in [0.25, 0.3) is 0 Å². The standard InChI is InChI=1S/C17H21N3O3S2/c1-12-4-3-5-15(13(12)2)19-6-8-20(9-7-19)25(22,23)14-10-16(17(18)21)24-11-14/h3-5,10-11H,6-9H2,1-2H3,(H2,18,21). The molecule has 25 heavy (non-hydrogen) atoms. The second-order valence-electron chi connectivity index (χ2n) is 6.12. The van der Waals surface area contributed by atoms with E-state index in [0.717, 1.165) is 17.0 Å². The molecule has 3 rings (SSSR count). The van der Waals surface area contributed by atoms with E-state index < -0.39 is 15.9 Å². The normalized spacial score (nSPS) is 16.2. The maximum Gasteiger partial charge on any atom is 0.258 e. The predicted octanol–water partition coefficient (Wildman–Crippen LogP) is 1.97. The Morgan fingerprint density at radius 1 is 1.16 bits per heavy atom. The highest BCUT2D eigenvalue weighted by Gasteiger charge is 2.30. The van der Waals surface area contributed by atoms with E-state index in [4.69, 9.17) is 5.73 Å². The number of sulfonamides is 1. The molecule has 1 aliphatic heterocycles. The van der Waals surface area contributed by atoms with Crippen molar-refractivity contribution in [1.82, 2.24) is 4.31 Å². The second-order valence-corrected chi connectivity index (χ2v) is 8.97. The highest BCUT2D eigenvalue weighted by atomic mass is 32.2. The number of carbonyl (C=O) groups excluding carboxylic acids is 1. The van der Waals surface area contributed by atoms with Crippen LogP contribution in [0.5, 0.6) is 0 Å². The summed E-state index contributed by atoms with van der Waals surface area (Å²) in [6, 6.07) is 7.54. The number of benzene rings is 1. The Morgan fingerprint density at radius 2 is 1.84 bits per heavy atom. The van der Waals surface area contributed by atoms with Crippen molar-refractivity contribution in [3.8, 4) is 0 Å². The van der Waals surface area contributed by atoms with Gasteiger partial charge in [0.2, 0.25) is 10.0 Å². The number of hydrogen-bond acceptors (Lipinski definition) is 5. The Morgan fingerprint density at radius 3 is 2.44 bits per heavy atom. The lowest BCUT2D eigenvalue weighted by Crippen LogP contribution is -2.48. The molecule has 0 aliphatic carbocycles. The van der Waals surface area contributed by atoms with Gasteiger partial charge >= 0.3 is 0 Å². The van der Waals surface area contributed by atoms with Crippen LogP contribution in [0.15, 0.2) is 34.5 Å². The molecule has 1 saturated heterocycles. The van der Waals surface area contributed by atoms with Gasteiger partial charge in [-0.15, -0.1) is 11.3 Å². The van der Waals surface area contributed by atoms with Crippen LogP contribution in [0.4, 0.5) is 5.69 Å². The Hall–Kier alpha value is -1.90. The van der Waals surface area contributed by atoms with Crippen LogP contribution in [0.1, 0.15) is 20.8 Å². The zero-order valence-electron chi connectivity index (χ0n) is 14.2. The molecule has 0 saturated carbocycles. The predicted molar refractivity (Wildman–Crippen MR) is 99.7 cm³/mol. The average molecular weight is 380 g/mol. The van der Waals surface area contributed by atoms with Crippen LogP contribution in [0.2, 0.25) is 0 Å². The average Bonchev–Trinajstić information content (AvgIpc) is 3.09. The van der Waals surface area contributed by atoms with Crippen molar-refractivity contribution in [3.05, 3.63) is 45.6 Å². The molecule has 0 bridgehead atoms. The number of primary amides is 1. The van der Waals surface area contributed by atoms with E-state index >= 15 is 0 Å². The van der Waals surface area contributed by atoms with E-state index in [1.165, 1.54) is 26.9 Å². The molecule has 1 amide bonds. The van der Waals surface area contributed by atoms with Gasteiger partial charge in [-0.25, -0.2) is 8.42 Å². The summed E-state index contributed by atoms with van der Waals surface area (Å²) < 4.78 is 27.0. The Bertz CT molecular complexity index is 898. The van der Waals surface area contributed by atoms with Gasteiger partial charge in [0.05, 0.1) is 9.77 Å². The van der Waals surface area contributed by atoms with Gasteiger partial charge in [0.1, 0.15) is 0 Å². The summed E-state index contributed by atoms with van der Waals surface area (Å²) in [5.74, 6) is -0.605. The first-order valence-electron chi connectivity index (χ1n) is 8.00. The van der Waals surface area contributed by atoms with Crippen molar-refractivity contribution < 1.29 is 13.2 Å². The van der Waals surface area contributed by atoms with Gasteiger partial charge in [0.15, 0.2) is 0 Å². The van der Waals surface area contributed by atoms with E-state index in [9.17, 15) is 13.2 Å². The lowest BCUT2D eigenvalue weighted by Gasteiger charge is -2.36. The molecule has 0 atom stereocenters. The third-order valence-electron chi connectivity index (χ3n) is 4.61. The van der Waals surface area contributed by atoms with Crippen LogP contribution in [-0.2, 0) is 10.0 Å². The summed E-state index contributed by atoms with van der Waals surface area (Å²) >= 11 is 1.06. The number of nitrogens with two attached hydrogens (primary N) is 1. The molecule has 0 radical (unpaired) electrons. The molecule has 1 fully saturated rings. The van der Waals surface area contributed by atoms with Crippen molar-refractivity contribution in [1.29, 1.82) is 0 Å². The first-order valence-corrected chi connectivity index (χ1v) is 10.3. The lowest BCUT2D eigenvalue weighted by atomic mass is 10.1. The molecule has 134 valence electrons. The number of aryl methyl sites for hydroxylation is 1. The Labute approximate surface area is 151 Å². The van der Waals surface area contributed by atoms with E-state index in [-0.39, 0.29) is 9.77 Å². The summed E-state index contributed by atoms with van der Waals surface area (Å²) in [5, 5.41) is 1.48. The molecule has 2 N–H and O–H groups in total. The zero-order valence-corrected chi connectivity index (χ0v) is 15.9. The van der Waals surface area contributed by atoms with Gasteiger partial charge in [0.25, 0.3) is 5.91 Å². The molecule has 1 aromatic heterocycles. The van der Waals surface area contributed by atoms with Crippen molar-refractivity contribution in [2.75, 3.05) is 31.1 Å². The maximum absolute atomic E-state index is 12.7. The van der Waals surface area contributed by atoms with Crippen molar-refractivity contribution >= 4 is 33.0 Å². The minimum absolute atomic E-state index is 0.145. The van der Waals surface area contributed by atoms with E-state index in [0.29, 0.717) is 26.2 Å². The van der Waals surface area contributed by atoms with Gasteiger partial charge in [-0.1, -0.05) is 12.1 Å². The highest BCUT2D eigenvalue weighted by Crippen LogP contribution is 2.27. The summed E-state index contributed by atoms with van der Waals surface area (Å²) in [5.41, 5.74) is 8.82. The molecule has 6 nitrogen and oxygen atoms in total. The molecule has 2 heterocycles. The summed E-state index contributed by atoms with van der Waals surface area (Å²) in [4.78, 5) is 13.8. The number of carbonyl (C=O) groups is 1. The van der Waals surface area contributed by atoms with Gasteiger partial charge in [0, 0.05) is 37.2 Å². The van der Waals surface area contributed by atoms with Crippen LogP contribution in [-0.4, -0.2) is 44.8 Å². The molecule has 0 unspecified atom stereocenters. The summed E-state index contributed by atoms with van der Waals surface area (Å²) in [6.07, 6.45) is 0. The Balaban J connectivity index is 1.75. The number of hydrogen-bond donors (Lipinski definition) is 1. The van der Waals surface area contributed by atoms with Gasteiger partial charge in [-0.05, 0) is 37.1 Å². The minimum Gasteiger partial charge on any atom is -0.369 e. The van der Waals surface area contributed by atoms with E-state index in [2.05, 4.69) is 30.9 Å². The quantitative estimate of drug-likeness (QED) is 0.880. The number of amides is 1. The molecular formula is C17H21N3O3S2. The maximum atomic E-state index is 12.7. The van der Waals surface area contributed by atoms with Crippen LogP contribution in [0.3, 0.4) is 0 Å². The molecule has 1 aliphatic rings. The smallest absolute Gasteiger partial charge is 0.258 e. The largest absolute Gasteiger partial charge is 0.369 e. The lowest BCUT2D eigenvalue weighted by molar-refractivity contribution is 0.100. The number of rotatable bonds is 4. The Kier molecular flexibility index (Phi) is 4.86. The summed E-state index contributed by atoms with van der Waals surface area (Å²) in [6.45, 7) is 6.26. The third-order valence-corrected chi connectivity index (χ3v) is 7.58. The molecule has 8 heteroatoms. The van der Waals surface area contributed by atoms with Crippen LogP contribution in [0, 0.1) is 13.8 Å². The fraction of sp³-hybridized carbons (Fsp3) is 0.353. The third kappa shape index (κ3) is 3.42. The van der Waals surface area contributed by atoms with Crippen LogP contribution < -0.4 is 10.6 Å². The molecule has 1 aromatic carbocycles. The number of anilines is 1. The first-order chi connectivity index (χ1) is 11.8. The number of nitrogens with zero attached hydrogens (tertiary/aromatic N) is 2. The minimum atomic E-state index is -3.59. The monoisotopic (exact) mass is 379 g/mol. The zero-order chi connectivity index (χ0) is 18.2. The van der Waals surface area contributed by atoms with Crippen molar-refractivity contribution in [3.63, 3.8) is 0 Å². The molecule has 2 aromatic rings. The summed E-state index contributed by atoms with van der Waals surface area (Å²) in [7, 11) is -3.59. The fourth-order valence-electron chi connectivity index (χ4n) is 2.98. The molecule has 0 spiro atoms. The van der Waals surface area contributed by atoms with Crippen molar-refractivity contribution in [2.45, 2.75) is 18.7 Å². The number of thiophene rings is 1.